The Morgan fingerprint density at radius 3 is 1.89 bits per heavy atom. The lowest BCUT2D eigenvalue weighted by atomic mass is 9.94. The molecule has 0 N–H and O–H groups in total. The summed E-state index contributed by atoms with van der Waals surface area (Å²) in [5.74, 6) is -3.86. The molecule has 0 aromatic rings. The smallest absolute Gasteiger partial charge is 0.316 e. The van der Waals surface area contributed by atoms with E-state index in [9.17, 15) is 19.2 Å². The van der Waals surface area contributed by atoms with Crippen LogP contribution >= 0.6 is 0 Å². The first-order chi connectivity index (χ1) is 8.34. The fourth-order valence-electron chi connectivity index (χ4n) is 1.44. The molecule has 102 valence electrons. The van der Waals surface area contributed by atoms with E-state index in [2.05, 4.69) is 9.47 Å². The second-order valence-electron chi connectivity index (χ2n) is 3.94. The molecule has 0 amide bonds. The van der Waals surface area contributed by atoms with Crippen LogP contribution in [0.25, 0.3) is 0 Å². The SMILES string of the molecule is COC(=O)C(C)C(=O)CCC(C(C)=O)C(=O)OC. The molecule has 6 heteroatoms. The highest BCUT2D eigenvalue weighted by Crippen LogP contribution is 2.13. The molecule has 0 saturated heterocycles. The number of methoxy groups -OCH3 is 2. The van der Waals surface area contributed by atoms with Gasteiger partial charge in [-0.25, -0.2) is 0 Å². The standard InChI is InChI=1S/C12H18O6/c1-7(11(15)17-3)10(14)6-5-9(8(2)13)12(16)18-4/h7,9H,5-6H2,1-4H3. The van der Waals surface area contributed by atoms with Crippen molar-refractivity contribution in [2.24, 2.45) is 11.8 Å². The van der Waals surface area contributed by atoms with E-state index < -0.39 is 23.8 Å². The number of carbonyl (C=O) groups is 4. The quantitative estimate of drug-likeness (QED) is 0.489. The van der Waals surface area contributed by atoms with Crippen LogP contribution in [0.3, 0.4) is 0 Å². The fourth-order valence-corrected chi connectivity index (χ4v) is 1.44. The number of esters is 2. The average Bonchev–Trinajstić information content (AvgIpc) is 2.35. The zero-order chi connectivity index (χ0) is 14.3. The largest absolute Gasteiger partial charge is 0.468 e. The number of rotatable bonds is 7. The summed E-state index contributed by atoms with van der Waals surface area (Å²) in [6, 6.07) is 0. The molecule has 0 saturated carbocycles. The van der Waals surface area contributed by atoms with Gasteiger partial charge >= 0.3 is 11.9 Å². The topological polar surface area (TPSA) is 86.7 Å². The van der Waals surface area contributed by atoms with Crippen molar-refractivity contribution in [2.75, 3.05) is 14.2 Å². The van der Waals surface area contributed by atoms with Gasteiger partial charge in [-0.1, -0.05) is 0 Å². The molecule has 18 heavy (non-hydrogen) atoms. The number of hydrogen-bond acceptors (Lipinski definition) is 6. The van der Waals surface area contributed by atoms with Crippen LogP contribution in [0.1, 0.15) is 26.7 Å². The molecule has 6 nitrogen and oxygen atoms in total. The first kappa shape index (κ1) is 16.3. The van der Waals surface area contributed by atoms with Gasteiger partial charge in [-0.05, 0) is 20.3 Å². The van der Waals surface area contributed by atoms with Crippen LogP contribution in [-0.2, 0) is 28.7 Å². The van der Waals surface area contributed by atoms with E-state index in [0.29, 0.717) is 0 Å². The predicted octanol–water partition coefficient (Wildman–Crippen LogP) is 0.523. The summed E-state index contributed by atoms with van der Waals surface area (Å²) < 4.78 is 8.91. The minimum absolute atomic E-state index is 0.0438. The molecule has 2 atom stereocenters. The van der Waals surface area contributed by atoms with E-state index in [0.717, 1.165) is 0 Å². The molecule has 0 aliphatic heterocycles. The average molecular weight is 258 g/mol. The first-order valence-corrected chi connectivity index (χ1v) is 5.54. The third-order valence-electron chi connectivity index (χ3n) is 2.69. The molecule has 0 aromatic heterocycles. The molecular formula is C12H18O6. The molecule has 0 bridgehead atoms. The van der Waals surface area contributed by atoms with Crippen LogP contribution in [0.4, 0.5) is 0 Å². The molecular weight excluding hydrogens is 240 g/mol. The molecule has 0 spiro atoms. The minimum Gasteiger partial charge on any atom is -0.468 e. The highest BCUT2D eigenvalue weighted by Gasteiger charge is 2.28. The third kappa shape index (κ3) is 4.65. The zero-order valence-corrected chi connectivity index (χ0v) is 11.0. The number of ketones is 2. The van der Waals surface area contributed by atoms with Crippen LogP contribution in [-0.4, -0.2) is 37.7 Å². The van der Waals surface area contributed by atoms with Crippen molar-refractivity contribution < 1.29 is 28.7 Å². The van der Waals surface area contributed by atoms with E-state index in [1.807, 2.05) is 0 Å². The fraction of sp³-hybridized carbons (Fsp3) is 0.667. The summed E-state index contributed by atoms with van der Waals surface area (Å²) in [5.41, 5.74) is 0. The van der Waals surface area contributed by atoms with Gasteiger partial charge in [-0.15, -0.1) is 0 Å². The summed E-state index contributed by atoms with van der Waals surface area (Å²) in [6.07, 6.45) is -0.00219. The molecule has 0 fully saturated rings. The van der Waals surface area contributed by atoms with Crippen molar-refractivity contribution in [3.8, 4) is 0 Å². The molecule has 0 radical (unpaired) electrons. The van der Waals surface area contributed by atoms with Crippen LogP contribution in [0, 0.1) is 11.8 Å². The van der Waals surface area contributed by atoms with Gasteiger partial charge in [-0.2, -0.15) is 0 Å². The maximum Gasteiger partial charge on any atom is 0.316 e. The van der Waals surface area contributed by atoms with Crippen LogP contribution in [0.2, 0.25) is 0 Å². The Bertz CT molecular complexity index is 346. The van der Waals surface area contributed by atoms with Gasteiger partial charge in [0.1, 0.15) is 23.4 Å². The molecule has 2 unspecified atom stereocenters. The Balaban J connectivity index is 4.45. The molecule has 0 aliphatic carbocycles. The Morgan fingerprint density at radius 1 is 1.00 bits per heavy atom. The maximum absolute atomic E-state index is 11.6. The minimum atomic E-state index is -0.955. The normalized spacial score (nSPS) is 13.3. The highest BCUT2D eigenvalue weighted by molar-refractivity contribution is 6.00. The van der Waals surface area contributed by atoms with Crippen LogP contribution < -0.4 is 0 Å². The number of Topliss-reactive ketones (excluding diaryl/α,β-unsaturated/α-hetero) is 2. The van der Waals surface area contributed by atoms with Gasteiger partial charge in [0.05, 0.1) is 14.2 Å². The Morgan fingerprint density at radius 2 is 1.50 bits per heavy atom. The van der Waals surface area contributed by atoms with E-state index in [-0.39, 0.29) is 24.4 Å². The molecule has 0 aliphatic rings. The van der Waals surface area contributed by atoms with Gasteiger partial charge in [0.25, 0.3) is 0 Å². The van der Waals surface area contributed by atoms with E-state index in [4.69, 9.17) is 0 Å². The summed E-state index contributed by atoms with van der Waals surface area (Å²) >= 11 is 0. The number of ether oxygens (including phenoxy) is 2. The van der Waals surface area contributed by atoms with Crippen molar-refractivity contribution in [3.63, 3.8) is 0 Å². The van der Waals surface area contributed by atoms with Crippen molar-refractivity contribution in [1.82, 2.24) is 0 Å². The Labute approximate surface area is 106 Å². The first-order valence-electron chi connectivity index (χ1n) is 5.54. The molecule has 0 aromatic carbocycles. The van der Waals surface area contributed by atoms with E-state index in [1.165, 1.54) is 28.1 Å². The van der Waals surface area contributed by atoms with Crippen molar-refractivity contribution in [2.45, 2.75) is 26.7 Å². The van der Waals surface area contributed by atoms with Crippen LogP contribution in [0.5, 0.6) is 0 Å². The Hall–Kier alpha value is -1.72. The van der Waals surface area contributed by atoms with Crippen molar-refractivity contribution in [1.29, 1.82) is 0 Å². The van der Waals surface area contributed by atoms with Gasteiger partial charge in [0.15, 0.2) is 0 Å². The van der Waals surface area contributed by atoms with Crippen LogP contribution in [0.15, 0.2) is 0 Å². The van der Waals surface area contributed by atoms with Crippen molar-refractivity contribution >= 4 is 23.5 Å². The van der Waals surface area contributed by atoms with E-state index >= 15 is 0 Å². The highest BCUT2D eigenvalue weighted by atomic mass is 16.5. The molecule has 0 heterocycles. The summed E-state index contributed by atoms with van der Waals surface area (Å²) in [6.45, 7) is 2.69. The lowest BCUT2D eigenvalue weighted by Gasteiger charge is -2.12. The summed E-state index contributed by atoms with van der Waals surface area (Å²) in [4.78, 5) is 45.2. The second-order valence-corrected chi connectivity index (χ2v) is 3.94. The number of carbonyl (C=O) groups excluding carboxylic acids is 4. The third-order valence-corrected chi connectivity index (χ3v) is 2.69. The lowest BCUT2D eigenvalue weighted by Crippen LogP contribution is -2.27. The lowest BCUT2D eigenvalue weighted by molar-refractivity contribution is -0.149. The van der Waals surface area contributed by atoms with Crippen molar-refractivity contribution in [3.05, 3.63) is 0 Å². The Kier molecular flexibility index (Phi) is 6.85. The van der Waals surface area contributed by atoms with Gasteiger partial charge in [-0.3, -0.25) is 19.2 Å². The molecule has 0 rings (SSSR count). The predicted molar refractivity (Wildman–Crippen MR) is 61.6 cm³/mol. The monoisotopic (exact) mass is 258 g/mol. The maximum atomic E-state index is 11.6. The van der Waals surface area contributed by atoms with Gasteiger partial charge < -0.3 is 9.47 Å². The summed E-state index contributed by atoms with van der Waals surface area (Å²) in [7, 11) is 2.37. The van der Waals surface area contributed by atoms with Gasteiger partial charge in [0.2, 0.25) is 0 Å². The number of hydrogen-bond donors (Lipinski definition) is 0. The summed E-state index contributed by atoms with van der Waals surface area (Å²) in [5, 5.41) is 0. The zero-order valence-electron chi connectivity index (χ0n) is 11.0. The van der Waals surface area contributed by atoms with Gasteiger partial charge in [0, 0.05) is 6.42 Å². The second kappa shape index (κ2) is 7.58. The van der Waals surface area contributed by atoms with E-state index in [1.54, 1.807) is 0 Å².